The first-order valence-corrected chi connectivity index (χ1v) is 7.61. The van der Waals surface area contributed by atoms with E-state index >= 15 is 0 Å². The van der Waals surface area contributed by atoms with E-state index in [-0.39, 0.29) is 0 Å². The molecule has 0 amide bonds. The molecule has 6 heteroatoms. The summed E-state index contributed by atoms with van der Waals surface area (Å²) in [5.41, 5.74) is 1.78. The zero-order valence-electron chi connectivity index (χ0n) is 10.7. The van der Waals surface area contributed by atoms with Crippen molar-refractivity contribution < 1.29 is 0 Å². The van der Waals surface area contributed by atoms with Crippen LogP contribution < -0.4 is 5.32 Å². The molecule has 0 saturated carbocycles. The first-order valence-electron chi connectivity index (χ1n) is 6.04. The number of nitrogens with zero attached hydrogens (tertiary/aromatic N) is 2. The number of rotatable bonds is 3. The molecular formula is C14H11Cl2N3S. The van der Waals surface area contributed by atoms with Gasteiger partial charge in [-0.3, -0.25) is 0 Å². The molecule has 2 heterocycles. The Bertz CT molecular complexity index is 737. The number of thiazole rings is 1. The Morgan fingerprint density at radius 2 is 1.95 bits per heavy atom. The van der Waals surface area contributed by atoms with Crippen molar-refractivity contribution >= 4 is 50.6 Å². The van der Waals surface area contributed by atoms with Crippen LogP contribution >= 0.6 is 34.5 Å². The Hall–Kier alpha value is -1.36. The number of halogens is 2. The summed E-state index contributed by atoms with van der Waals surface area (Å²) in [6.45, 7) is 0. The van der Waals surface area contributed by atoms with Gasteiger partial charge in [0.05, 0.1) is 31.0 Å². The molecule has 0 aliphatic heterocycles. The molecule has 0 radical (unpaired) electrons. The smallest absolute Gasteiger partial charge is 0.144 e. The number of aromatic nitrogens is 2. The molecular weight excluding hydrogens is 313 g/mol. The highest BCUT2D eigenvalue weighted by molar-refractivity contribution is 7.18. The molecule has 1 N–H and O–H groups in total. The SMILES string of the molecule is CNc1nc(Cc2nc3ccccc3s2)c(Cl)cc1Cl. The Labute approximate surface area is 130 Å². The fourth-order valence-corrected chi connectivity index (χ4v) is 3.43. The summed E-state index contributed by atoms with van der Waals surface area (Å²) >= 11 is 13.9. The van der Waals surface area contributed by atoms with Gasteiger partial charge in [0.1, 0.15) is 5.82 Å². The molecule has 0 bridgehead atoms. The summed E-state index contributed by atoms with van der Waals surface area (Å²) in [6.07, 6.45) is 0.601. The monoisotopic (exact) mass is 323 g/mol. The second kappa shape index (κ2) is 5.56. The van der Waals surface area contributed by atoms with Crippen LogP contribution in [0.15, 0.2) is 30.3 Å². The number of anilines is 1. The number of hydrogen-bond acceptors (Lipinski definition) is 4. The molecule has 0 spiro atoms. The normalized spacial score (nSPS) is 10.9. The van der Waals surface area contributed by atoms with Crippen molar-refractivity contribution in [2.24, 2.45) is 0 Å². The summed E-state index contributed by atoms with van der Waals surface area (Å²) in [5.74, 6) is 0.632. The lowest BCUT2D eigenvalue weighted by Crippen LogP contribution is -1.99. The number of para-hydroxylation sites is 1. The average molecular weight is 324 g/mol. The van der Waals surface area contributed by atoms with E-state index in [4.69, 9.17) is 23.2 Å². The molecule has 0 aliphatic rings. The van der Waals surface area contributed by atoms with Gasteiger partial charge in [-0.05, 0) is 18.2 Å². The Morgan fingerprint density at radius 3 is 2.70 bits per heavy atom. The average Bonchev–Trinajstić information content (AvgIpc) is 2.84. The van der Waals surface area contributed by atoms with Gasteiger partial charge in [-0.2, -0.15) is 0 Å². The zero-order valence-corrected chi connectivity index (χ0v) is 13.0. The van der Waals surface area contributed by atoms with Crippen LogP contribution in [0.1, 0.15) is 10.7 Å². The quantitative estimate of drug-likeness (QED) is 0.763. The second-order valence-electron chi connectivity index (χ2n) is 4.25. The van der Waals surface area contributed by atoms with E-state index in [1.165, 1.54) is 4.70 Å². The standard InChI is InChI=1S/C14H11Cl2N3S/c1-17-14-9(16)6-8(15)11(19-14)7-13-18-10-4-2-3-5-12(10)20-13/h2-6H,7H2,1H3,(H,17,19). The molecule has 0 fully saturated rings. The molecule has 3 rings (SSSR count). The molecule has 0 atom stereocenters. The largest absolute Gasteiger partial charge is 0.372 e. The highest BCUT2D eigenvalue weighted by Gasteiger charge is 2.11. The van der Waals surface area contributed by atoms with E-state index in [1.807, 2.05) is 18.2 Å². The first-order chi connectivity index (χ1) is 9.67. The minimum Gasteiger partial charge on any atom is -0.372 e. The van der Waals surface area contributed by atoms with Crippen molar-refractivity contribution in [1.29, 1.82) is 0 Å². The number of benzene rings is 1. The predicted molar refractivity (Wildman–Crippen MR) is 86.2 cm³/mol. The van der Waals surface area contributed by atoms with Crippen LogP contribution in [-0.4, -0.2) is 17.0 Å². The third kappa shape index (κ3) is 2.59. The fraction of sp³-hybridized carbons (Fsp3) is 0.143. The molecule has 3 nitrogen and oxygen atoms in total. The van der Waals surface area contributed by atoms with E-state index in [1.54, 1.807) is 24.5 Å². The Kier molecular flexibility index (Phi) is 3.78. The van der Waals surface area contributed by atoms with Crippen molar-refractivity contribution in [3.8, 4) is 0 Å². The van der Waals surface area contributed by atoms with E-state index in [2.05, 4.69) is 21.4 Å². The Balaban J connectivity index is 1.98. The van der Waals surface area contributed by atoms with Crippen LogP contribution in [0.4, 0.5) is 5.82 Å². The molecule has 20 heavy (non-hydrogen) atoms. The lowest BCUT2D eigenvalue weighted by Gasteiger charge is -2.07. The molecule has 102 valence electrons. The second-order valence-corrected chi connectivity index (χ2v) is 6.18. The van der Waals surface area contributed by atoms with E-state index in [0.717, 1.165) is 16.2 Å². The molecule has 3 aromatic rings. The topological polar surface area (TPSA) is 37.8 Å². The van der Waals surface area contributed by atoms with Gasteiger partial charge in [0.25, 0.3) is 0 Å². The molecule has 0 saturated heterocycles. The maximum Gasteiger partial charge on any atom is 0.144 e. The molecule has 1 aromatic carbocycles. The maximum absolute atomic E-state index is 6.21. The highest BCUT2D eigenvalue weighted by Crippen LogP contribution is 2.29. The van der Waals surface area contributed by atoms with Crippen LogP contribution in [0.2, 0.25) is 10.0 Å². The van der Waals surface area contributed by atoms with Crippen LogP contribution in [-0.2, 0) is 6.42 Å². The molecule has 2 aromatic heterocycles. The maximum atomic E-state index is 6.21. The lowest BCUT2D eigenvalue weighted by molar-refractivity contribution is 1.06. The molecule has 0 unspecified atom stereocenters. The van der Waals surface area contributed by atoms with E-state index in [9.17, 15) is 0 Å². The van der Waals surface area contributed by atoms with Gasteiger partial charge in [0.15, 0.2) is 0 Å². The third-order valence-corrected chi connectivity index (χ3v) is 4.55. The van der Waals surface area contributed by atoms with Crippen LogP contribution in [0, 0.1) is 0 Å². The minimum absolute atomic E-state index is 0.519. The van der Waals surface area contributed by atoms with Crippen molar-refractivity contribution in [1.82, 2.24) is 9.97 Å². The number of nitrogens with one attached hydrogen (secondary N) is 1. The fourth-order valence-electron chi connectivity index (χ4n) is 1.94. The van der Waals surface area contributed by atoms with Gasteiger partial charge < -0.3 is 5.32 Å². The number of fused-ring (bicyclic) bond motifs is 1. The number of pyridine rings is 1. The van der Waals surface area contributed by atoms with Crippen LogP contribution in [0.25, 0.3) is 10.2 Å². The van der Waals surface area contributed by atoms with Crippen LogP contribution in [0.3, 0.4) is 0 Å². The van der Waals surface area contributed by atoms with Gasteiger partial charge in [0.2, 0.25) is 0 Å². The van der Waals surface area contributed by atoms with Gasteiger partial charge in [0, 0.05) is 13.5 Å². The Morgan fingerprint density at radius 1 is 1.15 bits per heavy atom. The summed E-state index contributed by atoms with van der Waals surface area (Å²) < 4.78 is 1.17. The predicted octanol–water partition coefficient (Wildman–Crippen LogP) is 4.63. The van der Waals surface area contributed by atoms with Crippen molar-refractivity contribution in [2.45, 2.75) is 6.42 Å². The summed E-state index contributed by atoms with van der Waals surface area (Å²) in [7, 11) is 1.78. The summed E-state index contributed by atoms with van der Waals surface area (Å²) in [6, 6.07) is 9.78. The van der Waals surface area contributed by atoms with E-state index < -0.39 is 0 Å². The number of hydrogen-bond donors (Lipinski definition) is 1. The minimum atomic E-state index is 0.519. The van der Waals surface area contributed by atoms with Gasteiger partial charge in [-0.25, -0.2) is 9.97 Å². The third-order valence-electron chi connectivity index (χ3n) is 2.90. The zero-order chi connectivity index (χ0) is 14.1. The molecule has 0 aliphatic carbocycles. The summed E-state index contributed by atoms with van der Waals surface area (Å²) in [4.78, 5) is 9.04. The highest BCUT2D eigenvalue weighted by atomic mass is 35.5. The van der Waals surface area contributed by atoms with Crippen molar-refractivity contribution in [2.75, 3.05) is 12.4 Å². The van der Waals surface area contributed by atoms with Crippen molar-refractivity contribution in [3.63, 3.8) is 0 Å². The first kappa shape index (κ1) is 13.6. The van der Waals surface area contributed by atoms with Gasteiger partial charge in [-0.15, -0.1) is 11.3 Å². The van der Waals surface area contributed by atoms with E-state index in [0.29, 0.717) is 22.3 Å². The lowest BCUT2D eigenvalue weighted by atomic mass is 10.2. The van der Waals surface area contributed by atoms with Gasteiger partial charge in [-0.1, -0.05) is 35.3 Å². The van der Waals surface area contributed by atoms with Gasteiger partial charge >= 0.3 is 0 Å². The van der Waals surface area contributed by atoms with Crippen molar-refractivity contribution in [3.05, 3.63) is 51.1 Å². The summed E-state index contributed by atoms with van der Waals surface area (Å²) in [5, 5.41) is 5.03. The van der Waals surface area contributed by atoms with Crippen LogP contribution in [0.5, 0.6) is 0 Å².